The largest absolute Gasteiger partial charge is 0.465 e. The maximum absolute atomic E-state index is 14.0. The van der Waals surface area contributed by atoms with Crippen LogP contribution in [0.3, 0.4) is 0 Å². The molecule has 1 heterocycles. The summed E-state index contributed by atoms with van der Waals surface area (Å²) in [6, 6.07) is 4.49. The van der Waals surface area contributed by atoms with Crippen molar-refractivity contribution in [2.75, 3.05) is 13.7 Å². The Bertz CT molecular complexity index is 790. The molecule has 0 aliphatic carbocycles. The quantitative estimate of drug-likeness (QED) is 0.743. The first-order valence-corrected chi connectivity index (χ1v) is 9.69. The van der Waals surface area contributed by atoms with Crippen molar-refractivity contribution in [3.63, 3.8) is 0 Å². The summed E-state index contributed by atoms with van der Waals surface area (Å²) in [6.45, 7) is 6.40. The molecular weight excluding hydrogens is 398 g/mol. The number of likely N-dealkylation sites (tertiary alicyclic amines) is 1. The van der Waals surface area contributed by atoms with Gasteiger partial charge in [-0.25, -0.2) is 18.4 Å². The van der Waals surface area contributed by atoms with Gasteiger partial charge in [-0.15, -0.1) is 0 Å². The topological polar surface area (TPSA) is 84.9 Å². The van der Waals surface area contributed by atoms with Crippen molar-refractivity contribution in [1.29, 1.82) is 0 Å². The van der Waals surface area contributed by atoms with Crippen LogP contribution in [0.1, 0.15) is 62.5 Å². The van der Waals surface area contributed by atoms with Gasteiger partial charge in [-0.1, -0.05) is 12.1 Å². The number of carbonyl (C=O) groups excluding carboxylic acids is 3. The number of nitrogens with one attached hydrogen (secondary N) is 1. The highest BCUT2D eigenvalue weighted by Gasteiger charge is 2.46. The molecule has 9 heteroatoms. The van der Waals surface area contributed by atoms with Crippen molar-refractivity contribution in [1.82, 2.24) is 10.2 Å². The van der Waals surface area contributed by atoms with Crippen molar-refractivity contribution in [3.8, 4) is 0 Å². The molecule has 2 amide bonds. The Morgan fingerprint density at radius 1 is 1.20 bits per heavy atom. The number of piperidine rings is 1. The smallest absolute Gasteiger partial charge is 0.410 e. The van der Waals surface area contributed by atoms with Crippen LogP contribution in [-0.2, 0) is 14.3 Å². The minimum atomic E-state index is -3.05. The fourth-order valence-corrected chi connectivity index (χ4v) is 3.13. The molecule has 0 aromatic heterocycles. The Kier molecular flexibility index (Phi) is 7.05. The van der Waals surface area contributed by atoms with Crippen LogP contribution in [0, 0.1) is 0 Å². The molecule has 1 fully saturated rings. The van der Waals surface area contributed by atoms with Crippen LogP contribution >= 0.6 is 0 Å². The van der Waals surface area contributed by atoms with Gasteiger partial charge in [0, 0.05) is 19.4 Å². The Labute approximate surface area is 174 Å². The number of methoxy groups -OCH3 is 1. The second-order valence-electron chi connectivity index (χ2n) is 8.34. The fourth-order valence-electron chi connectivity index (χ4n) is 3.13. The van der Waals surface area contributed by atoms with Crippen LogP contribution in [0.5, 0.6) is 0 Å². The summed E-state index contributed by atoms with van der Waals surface area (Å²) in [5.74, 6) is -4.23. The van der Waals surface area contributed by atoms with Crippen LogP contribution in [0.15, 0.2) is 24.3 Å². The third kappa shape index (κ3) is 6.14. The standard InChI is InChI=1S/C21H28F2N2O5/c1-13(14-6-8-15(9-7-14)18(27)29-5)24-17(26)16-12-21(22,23)10-11-25(16)19(28)30-20(2,3)4/h6-9,13,16H,10-12H2,1-5H3,(H,24,26). The van der Waals surface area contributed by atoms with Gasteiger partial charge in [-0.2, -0.15) is 0 Å². The number of hydrogen-bond donors (Lipinski definition) is 1. The Hall–Kier alpha value is -2.71. The van der Waals surface area contributed by atoms with Gasteiger partial charge in [0.2, 0.25) is 5.91 Å². The lowest BCUT2D eigenvalue weighted by Gasteiger charge is -2.39. The molecule has 2 rings (SSSR count). The zero-order valence-electron chi connectivity index (χ0n) is 17.8. The summed E-state index contributed by atoms with van der Waals surface area (Å²) in [5.41, 5.74) is 0.206. The van der Waals surface area contributed by atoms with Gasteiger partial charge in [0.1, 0.15) is 11.6 Å². The molecule has 30 heavy (non-hydrogen) atoms. The molecule has 1 aromatic rings. The van der Waals surface area contributed by atoms with Gasteiger partial charge in [0.05, 0.1) is 18.7 Å². The van der Waals surface area contributed by atoms with E-state index < -0.39 is 54.4 Å². The van der Waals surface area contributed by atoms with E-state index in [1.807, 2.05) is 0 Å². The summed E-state index contributed by atoms with van der Waals surface area (Å²) in [5, 5.41) is 2.68. The average Bonchev–Trinajstić information content (AvgIpc) is 2.65. The zero-order valence-corrected chi connectivity index (χ0v) is 17.8. The number of esters is 1. The van der Waals surface area contributed by atoms with Gasteiger partial charge in [0.25, 0.3) is 5.92 Å². The first-order chi connectivity index (χ1) is 13.8. The summed E-state index contributed by atoms with van der Waals surface area (Å²) in [4.78, 5) is 37.9. The lowest BCUT2D eigenvalue weighted by atomic mass is 9.97. The number of amides is 2. The van der Waals surface area contributed by atoms with Crippen LogP contribution < -0.4 is 5.32 Å². The van der Waals surface area contributed by atoms with E-state index in [1.54, 1.807) is 52.0 Å². The SMILES string of the molecule is COC(=O)c1ccc(C(C)NC(=O)C2CC(F)(F)CCN2C(=O)OC(C)(C)C)cc1. The summed E-state index contributed by atoms with van der Waals surface area (Å²) in [6.07, 6.45) is -2.10. The van der Waals surface area contributed by atoms with E-state index in [9.17, 15) is 23.2 Å². The lowest BCUT2D eigenvalue weighted by molar-refractivity contribution is -0.137. The van der Waals surface area contributed by atoms with Crippen molar-refractivity contribution in [2.24, 2.45) is 0 Å². The number of rotatable bonds is 4. The predicted octanol–water partition coefficient (Wildman–Crippen LogP) is 3.69. The van der Waals surface area contributed by atoms with Gasteiger partial charge in [0.15, 0.2) is 0 Å². The lowest BCUT2D eigenvalue weighted by Crippen LogP contribution is -2.57. The molecule has 7 nitrogen and oxygen atoms in total. The number of ether oxygens (including phenoxy) is 2. The molecule has 0 bridgehead atoms. The Morgan fingerprint density at radius 3 is 2.33 bits per heavy atom. The van der Waals surface area contributed by atoms with Crippen LogP contribution in [0.2, 0.25) is 0 Å². The second kappa shape index (κ2) is 8.97. The van der Waals surface area contributed by atoms with E-state index in [0.29, 0.717) is 11.1 Å². The van der Waals surface area contributed by atoms with Crippen molar-refractivity contribution >= 4 is 18.0 Å². The third-order valence-electron chi connectivity index (χ3n) is 4.71. The van der Waals surface area contributed by atoms with Crippen molar-refractivity contribution < 1.29 is 32.6 Å². The van der Waals surface area contributed by atoms with Crippen molar-refractivity contribution in [2.45, 2.75) is 64.1 Å². The molecule has 1 saturated heterocycles. The van der Waals surface area contributed by atoms with Crippen LogP contribution in [0.25, 0.3) is 0 Å². The maximum Gasteiger partial charge on any atom is 0.410 e. The van der Waals surface area contributed by atoms with E-state index >= 15 is 0 Å². The highest BCUT2D eigenvalue weighted by Crippen LogP contribution is 2.33. The van der Waals surface area contributed by atoms with Gasteiger partial charge >= 0.3 is 12.1 Å². The van der Waals surface area contributed by atoms with E-state index in [2.05, 4.69) is 10.1 Å². The summed E-state index contributed by atoms with van der Waals surface area (Å²) >= 11 is 0. The number of alkyl halides is 2. The monoisotopic (exact) mass is 426 g/mol. The highest BCUT2D eigenvalue weighted by molar-refractivity contribution is 5.89. The van der Waals surface area contributed by atoms with E-state index in [1.165, 1.54) is 7.11 Å². The normalized spacial score (nSPS) is 19.6. The zero-order chi connectivity index (χ0) is 22.7. The molecule has 1 aromatic carbocycles. The average molecular weight is 426 g/mol. The predicted molar refractivity (Wildman–Crippen MR) is 105 cm³/mol. The molecular formula is C21H28F2N2O5. The minimum absolute atomic E-state index is 0.276. The van der Waals surface area contributed by atoms with Gasteiger partial charge < -0.3 is 14.8 Å². The molecule has 0 saturated carbocycles. The summed E-state index contributed by atoms with van der Waals surface area (Å²) < 4.78 is 37.9. The Balaban J connectivity index is 2.13. The first-order valence-electron chi connectivity index (χ1n) is 9.69. The minimum Gasteiger partial charge on any atom is -0.465 e. The number of hydrogen-bond acceptors (Lipinski definition) is 5. The molecule has 0 radical (unpaired) electrons. The van der Waals surface area contributed by atoms with E-state index in [-0.39, 0.29) is 6.54 Å². The van der Waals surface area contributed by atoms with E-state index in [4.69, 9.17) is 4.74 Å². The number of carbonyl (C=O) groups is 3. The number of halogens is 2. The molecule has 0 spiro atoms. The van der Waals surface area contributed by atoms with Crippen molar-refractivity contribution in [3.05, 3.63) is 35.4 Å². The number of nitrogens with zero attached hydrogens (tertiary/aromatic N) is 1. The van der Waals surface area contributed by atoms with Crippen LogP contribution in [-0.4, -0.2) is 54.1 Å². The number of benzene rings is 1. The molecule has 1 aliphatic rings. The molecule has 1 N–H and O–H groups in total. The summed E-state index contributed by atoms with van der Waals surface area (Å²) in [7, 11) is 1.27. The van der Waals surface area contributed by atoms with E-state index in [0.717, 1.165) is 4.90 Å². The molecule has 2 unspecified atom stereocenters. The van der Waals surface area contributed by atoms with Gasteiger partial charge in [-0.3, -0.25) is 9.69 Å². The maximum atomic E-state index is 14.0. The van der Waals surface area contributed by atoms with Crippen LogP contribution in [0.4, 0.5) is 13.6 Å². The molecule has 166 valence electrons. The first kappa shape index (κ1) is 23.6. The fraction of sp³-hybridized carbons (Fsp3) is 0.571. The molecule has 1 aliphatic heterocycles. The third-order valence-corrected chi connectivity index (χ3v) is 4.71. The second-order valence-corrected chi connectivity index (χ2v) is 8.34. The van der Waals surface area contributed by atoms with Gasteiger partial charge in [-0.05, 0) is 45.4 Å². The highest BCUT2D eigenvalue weighted by atomic mass is 19.3. The Morgan fingerprint density at radius 2 is 1.80 bits per heavy atom. The molecule has 2 atom stereocenters.